The molecule has 3 aliphatic rings. The van der Waals surface area contributed by atoms with Gasteiger partial charge in [0.15, 0.2) is 0 Å². The molecule has 0 atom stereocenters. The molecule has 2 fully saturated rings. The lowest BCUT2D eigenvalue weighted by atomic mass is 9.93. The van der Waals surface area contributed by atoms with E-state index in [0.717, 1.165) is 25.4 Å². The molecule has 2 aliphatic heterocycles. The van der Waals surface area contributed by atoms with Crippen LogP contribution >= 0.6 is 0 Å². The number of hydrogen-bond acceptors (Lipinski definition) is 3. The summed E-state index contributed by atoms with van der Waals surface area (Å²) in [5, 5.41) is 0. The molecule has 4 rings (SSSR count). The van der Waals surface area contributed by atoms with Crippen LogP contribution in [-0.2, 0) is 17.6 Å². The Morgan fingerprint density at radius 3 is 2.56 bits per heavy atom. The molecular formula is C21H31N3O. The van der Waals surface area contributed by atoms with E-state index in [-0.39, 0.29) is 0 Å². The van der Waals surface area contributed by atoms with E-state index in [9.17, 15) is 4.79 Å². The lowest BCUT2D eigenvalue weighted by molar-refractivity contribution is -0.119. The number of amides is 1. The third-order valence-electron chi connectivity index (χ3n) is 6.49. The van der Waals surface area contributed by atoms with Crippen LogP contribution in [-0.4, -0.2) is 62.0 Å². The van der Waals surface area contributed by atoms with Crippen molar-refractivity contribution in [1.29, 1.82) is 0 Å². The molecule has 0 bridgehead atoms. The summed E-state index contributed by atoms with van der Waals surface area (Å²) >= 11 is 0. The average molecular weight is 341 g/mol. The van der Waals surface area contributed by atoms with E-state index in [0.29, 0.717) is 0 Å². The molecule has 1 aromatic rings. The monoisotopic (exact) mass is 341 g/mol. The lowest BCUT2D eigenvalue weighted by Gasteiger charge is -2.38. The Bertz CT molecular complexity index is 587. The summed E-state index contributed by atoms with van der Waals surface area (Å²) in [5.74, 6) is 0.812. The van der Waals surface area contributed by atoms with Gasteiger partial charge in [0.05, 0.1) is 0 Å². The minimum absolute atomic E-state index is 0.812. The average Bonchev–Trinajstić information content (AvgIpc) is 3.16. The highest BCUT2D eigenvalue weighted by Crippen LogP contribution is 2.32. The van der Waals surface area contributed by atoms with E-state index in [1.807, 2.05) is 4.90 Å². The van der Waals surface area contributed by atoms with Gasteiger partial charge in [-0.15, -0.1) is 0 Å². The van der Waals surface area contributed by atoms with Gasteiger partial charge in [-0.05, 0) is 68.2 Å². The van der Waals surface area contributed by atoms with Crippen molar-refractivity contribution in [2.75, 3.05) is 50.7 Å². The number of fused-ring (bicyclic) bond motifs is 1. The number of hydrogen-bond donors (Lipinski definition) is 0. The van der Waals surface area contributed by atoms with Crippen LogP contribution in [0.15, 0.2) is 18.2 Å². The molecule has 0 spiro atoms. The minimum Gasteiger partial charge on any atom is -0.369 e. The molecule has 1 aromatic carbocycles. The molecule has 0 radical (unpaired) electrons. The van der Waals surface area contributed by atoms with Crippen molar-refractivity contribution in [3.63, 3.8) is 0 Å². The van der Waals surface area contributed by atoms with Gasteiger partial charge in [0, 0.05) is 45.0 Å². The standard InChI is InChI=1S/C21H31N3O/c25-17-23-11-8-18(9-12-23)7-10-22-13-15-24(16-14-22)21-6-2-4-19-3-1-5-20(19)21/h2,4,6,17-18H,1,3,5,7-16H2. The molecule has 2 heterocycles. The van der Waals surface area contributed by atoms with E-state index >= 15 is 0 Å². The zero-order valence-electron chi connectivity index (χ0n) is 15.3. The normalized spacial score (nSPS) is 22.2. The number of piperidine rings is 1. The van der Waals surface area contributed by atoms with Crippen molar-refractivity contribution in [1.82, 2.24) is 9.80 Å². The van der Waals surface area contributed by atoms with Crippen molar-refractivity contribution in [2.45, 2.75) is 38.5 Å². The van der Waals surface area contributed by atoms with Crippen molar-refractivity contribution >= 4 is 12.1 Å². The van der Waals surface area contributed by atoms with Gasteiger partial charge in [-0.25, -0.2) is 0 Å². The van der Waals surface area contributed by atoms with E-state index in [4.69, 9.17) is 0 Å². The van der Waals surface area contributed by atoms with Crippen LogP contribution in [0.4, 0.5) is 5.69 Å². The third kappa shape index (κ3) is 3.84. The molecule has 1 amide bonds. The fourth-order valence-corrected chi connectivity index (χ4v) is 4.82. The zero-order chi connectivity index (χ0) is 17.1. The number of rotatable bonds is 5. The first-order valence-electron chi connectivity index (χ1n) is 10.1. The number of aryl methyl sites for hydroxylation is 1. The highest BCUT2D eigenvalue weighted by molar-refractivity contribution is 5.58. The summed E-state index contributed by atoms with van der Waals surface area (Å²) in [4.78, 5) is 18.0. The van der Waals surface area contributed by atoms with E-state index < -0.39 is 0 Å². The molecule has 0 aromatic heterocycles. The second kappa shape index (κ2) is 7.77. The number of piperazine rings is 1. The van der Waals surface area contributed by atoms with E-state index in [1.165, 1.54) is 76.9 Å². The number of nitrogens with zero attached hydrogens (tertiary/aromatic N) is 3. The predicted octanol–water partition coefficient (Wildman–Crippen LogP) is 2.56. The van der Waals surface area contributed by atoms with Crippen LogP contribution in [0, 0.1) is 5.92 Å². The molecule has 0 N–H and O–H groups in total. The van der Waals surface area contributed by atoms with Crippen LogP contribution in [0.3, 0.4) is 0 Å². The Morgan fingerprint density at radius 1 is 1.00 bits per heavy atom. The quantitative estimate of drug-likeness (QED) is 0.770. The van der Waals surface area contributed by atoms with Crippen LogP contribution in [0.5, 0.6) is 0 Å². The molecule has 25 heavy (non-hydrogen) atoms. The molecule has 4 nitrogen and oxygen atoms in total. The van der Waals surface area contributed by atoms with Gasteiger partial charge in [0.25, 0.3) is 0 Å². The predicted molar refractivity (Wildman–Crippen MR) is 102 cm³/mol. The van der Waals surface area contributed by atoms with Gasteiger partial charge in [-0.3, -0.25) is 9.69 Å². The Hall–Kier alpha value is -1.55. The smallest absolute Gasteiger partial charge is 0.209 e. The second-order valence-corrected chi connectivity index (χ2v) is 7.97. The van der Waals surface area contributed by atoms with Gasteiger partial charge in [0.2, 0.25) is 6.41 Å². The molecule has 4 heteroatoms. The summed E-state index contributed by atoms with van der Waals surface area (Å²) in [6.45, 7) is 7.86. The lowest BCUT2D eigenvalue weighted by Crippen LogP contribution is -2.47. The van der Waals surface area contributed by atoms with Gasteiger partial charge in [-0.1, -0.05) is 12.1 Å². The maximum atomic E-state index is 10.8. The maximum absolute atomic E-state index is 10.8. The number of anilines is 1. The Labute approximate surface area is 151 Å². The number of carbonyl (C=O) groups excluding carboxylic acids is 1. The topological polar surface area (TPSA) is 26.8 Å². The maximum Gasteiger partial charge on any atom is 0.209 e. The van der Waals surface area contributed by atoms with Crippen molar-refractivity contribution in [2.24, 2.45) is 5.92 Å². The fourth-order valence-electron chi connectivity index (χ4n) is 4.82. The fraction of sp³-hybridized carbons (Fsp3) is 0.667. The van der Waals surface area contributed by atoms with Crippen LogP contribution < -0.4 is 4.90 Å². The molecule has 0 unspecified atom stereocenters. The molecule has 0 saturated carbocycles. The molecule has 1 aliphatic carbocycles. The number of carbonyl (C=O) groups is 1. The van der Waals surface area contributed by atoms with Crippen molar-refractivity contribution in [3.8, 4) is 0 Å². The SMILES string of the molecule is O=CN1CCC(CCN2CCN(c3cccc4c3CCC4)CC2)CC1. The van der Waals surface area contributed by atoms with Crippen LogP contribution in [0.2, 0.25) is 0 Å². The summed E-state index contributed by atoms with van der Waals surface area (Å²) in [5.41, 5.74) is 4.72. The largest absolute Gasteiger partial charge is 0.369 e. The highest BCUT2D eigenvalue weighted by Gasteiger charge is 2.23. The zero-order valence-corrected chi connectivity index (χ0v) is 15.3. The molecule has 136 valence electrons. The summed E-state index contributed by atoms with van der Waals surface area (Å²) in [6.07, 6.45) is 8.55. The molecule has 2 saturated heterocycles. The van der Waals surface area contributed by atoms with E-state index in [1.54, 1.807) is 11.1 Å². The van der Waals surface area contributed by atoms with Crippen LogP contribution in [0.25, 0.3) is 0 Å². The second-order valence-electron chi connectivity index (χ2n) is 7.97. The van der Waals surface area contributed by atoms with E-state index in [2.05, 4.69) is 28.0 Å². The van der Waals surface area contributed by atoms with Gasteiger partial charge < -0.3 is 9.80 Å². The first kappa shape index (κ1) is 16.9. The Kier molecular flexibility index (Phi) is 5.25. The van der Waals surface area contributed by atoms with Gasteiger partial charge >= 0.3 is 0 Å². The highest BCUT2D eigenvalue weighted by atomic mass is 16.1. The first-order valence-corrected chi connectivity index (χ1v) is 10.1. The summed E-state index contributed by atoms with van der Waals surface area (Å²) in [7, 11) is 0. The number of benzene rings is 1. The Morgan fingerprint density at radius 2 is 1.80 bits per heavy atom. The van der Waals surface area contributed by atoms with Crippen molar-refractivity contribution < 1.29 is 4.79 Å². The molecular weight excluding hydrogens is 310 g/mol. The van der Waals surface area contributed by atoms with Crippen LogP contribution in [0.1, 0.15) is 36.8 Å². The third-order valence-corrected chi connectivity index (χ3v) is 6.49. The Balaban J connectivity index is 1.24. The number of likely N-dealkylation sites (tertiary alicyclic amines) is 1. The summed E-state index contributed by atoms with van der Waals surface area (Å²) < 4.78 is 0. The van der Waals surface area contributed by atoms with Crippen molar-refractivity contribution in [3.05, 3.63) is 29.3 Å². The first-order chi connectivity index (χ1) is 12.3. The summed E-state index contributed by atoms with van der Waals surface area (Å²) in [6, 6.07) is 6.90. The van der Waals surface area contributed by atoms with Gasteiger partial charge in [0.1, 0.15) is 0 Å². The minimum atomic E-state index is 0.812. The van der Waals surface area contributed by atoms with Gasteiger partial charge in [-0.2, -0.15) is 0 Å².